The van der Waals surface area contributed by atoms with E-state index in [4.69, 9.17) is 4.98 Å². The van der Waals surface area contributed by atoms with Gasteiger partial charge in [0, 0.05) is 19.5 Å². The predicted molar refractivity (Wildman–Crippen MR) is 134 cm³/mol. The number of nitrogens with one attached hydrogen (secondary N) is 2. The maximum atomic E-state index is 13.1. The van der Waals surface area contributed by atoms with E-state index in [2.05, 4.69) is 10.3 Å². The molecule has 5 rings (SSSR count). The molecule has 0 aliphatic heterocycles. The van der Waals surface area contributed by atoms with Crippen molar-refractivity contribution < 1.29 is 4.79 Å². The van der Waals surface area contributed by atoms with E-state index in [1.807, 2.05) is 85.8 Å². The van der Waals surface area contributed by atoms with E-state index in [1.54, 1.807) is 9.13 Å². The summed E-state index contributed by atoms with van der Waals surface area (Å²) in [4.78, 5) is 34.0. The van der Waals surface area contributed by atoms with Gasteiger partial charge >= 0.3 is 5.69 Å². The van der Waals surface area contributed by atoms with Gasteiger partial charge in [-0.05, 0) is 43.2 Å². The minimum Gasteiger partial charge on any atom is -0.346 e. The van der Waals surface area contributed by atoms with Crippen LogP contribution in [-0.2, 0) is 24.3 Å². The lowest BCUT2D eigenvalue weighted by Gasteiger charge is -2.17. The zero-order valence-electron chi connectivity index (χ0n) is 19.1. The Morgan fingerprint density at radius 3 is 2.35 bits per heavy atom. The molecule has 7 heteroatoms. The molecule has 3 aromatic carbocycles. The van der Waals surface area contributed by atoms with Crippen LogP contribution in [0.2, 0.25) is 0 Å². The first-order chi connectivity index (χ1) is 16.6. The highest BCUT2D eigenvalue weighted by Gasteiger charge is 2.20. The van der Waals surface area contributed by atoms with Crippen molar-refractivity contribution in [2.24, 2.45) is 0 Å². The third-order valence-corrected chi connectivity index (χ3v) is 6.16. The Morgan fingerprint density at radius 2 is 1.62 bits per heavy atom. The molecule has 5 aromatic rings. The number of hydrogen-bond donors (Lipinski definition) is 2. The second-order valence-electron chi connectivity index (χ2n) is 8.37. The minimum absolute atomic E-state index is 0.0883. The molecule has 1 amide bonds. The quantitative estimate of drug-likeness (QED) is 0.369. The third-order valence-electron chi connectivity index (χ3n) is 6.16. The third kappa shape index (κ3) is 4.24. The zero-order chi connectivity index (χ0) is 23.5. The number of hydrogen-bond acceptors (Lipinski definition) is 3. The van der Waals surface area contributed by atoms with Crippen molar-refractivity contribution in [1.29, 1.82) is 0 Å². The number of carbonyl (C=O) groups is 1. The number of carbonyl (C=O) groups excluding carboxylic acids is 1. The van der Waals surface area contributed by atoms with Gasteiger partial charge in [-0.25, -0.2) is 9.78 Å². The summed E-state index contributed by atoms with van der Waals surface area (Å²) in [7, 11) is 0. The summed E-state index contributed by atoms with van der Waals surface area (Å²) in [5.74, 6) is 0.597. The molecule has 2 heterocycles. The van der Waals surface area contributed by atoms with Gasteiger partial charge in [0.15, 0.2) is 0 Å². The Morgan fingerprint density at radius 1 is 0.941 bits per heavy atom. The molecule has 0 unspecified atom stereocenters. The number of para-hydroxylation sites is 4. The average molecular weight is 454 g/mol. The maximum absolute atomic E-state index is 13.1. The first-order valence-electron chi connectivity index (χ1n) is 11.6. The highest BCUT2D eigenvalue weighted by Crippen LogP contribution is 2.20. The number of aryl methyl sites for hydroxylation is 2. The van der Waals surface area contributed by atoms with Crippen molar-refractivity contribution in [3.8, 4) is 0 Å². The van der Waals surface area contributed by atoms with Gasteiger partial charge in [-0.3, -0.25) is 13.9 Å². The number of H-pyrrole nitrogens is 1. The van der Waals surface area contributed by atoms with Gasteiger partial charge in [-0.1, -0.05) is 54.6 Å². The number of aromatic nitrogens is 4. The van der Waals surface area contributed by atoms with E-state index in [0.717, 1.165) is 33.5 Å². The van der Waals surface area contributed by atoms with E-state index in [9.17, 15) is 9.59 Å². The van der Waals surface area contributed by atoms with Crippen molar-refractivity contribution in [3.05, 3.63) is 101 Å². The number of amides is 1. The highest BCUT2D eigenvalue weighted by atomic mass is 16.2. The monoisotopic (exact) mass is 453 g/mol. The van der Waals surface area contributed by atoms with Crippen LogP contribution in [0.5, 0.6) is 0 Å². The molecule has 0 spiro atoms. The lowest BCUT2D eigenvalue weighted by Crippen LogP contribution is -2.32. The predicted octanol–water partition coefficient (Wildman–Crippen LogP) is 4.19. The number of imidazole rings is 2. The molecule has 7 nitrogen and oxygen atoms in total. The molecule has 2 N–H and O–H groups in total. The topological polar surface area (TPSA) is 84.7 Å². The molecule has 0 aliphatic rings. The minimum atomic E-state index is -0.309. The van der Waals surface area contributed by atoms with Gasteiger partial charge in [0.25, 0.3) is 0 Å². The van der Waals surface area contributed by atoms with E-state index in [-0.39, 0.29) is 24.1 Å². The number of rotatable bonds is 8. The number of benzene rings is 3. The summed E-state index contributed by atoms with van der Waals surface area (Å²) in [6.45, 7) is 2.85. The number of nitrogens with zero attached hydrogens (tertiary/aromatic N) is 3. The molecule has 0 radical (unpaired) electrons. The lowest BCUT2D eigenvalue weighted by atomic mass is 10.1. The van der Waals surface area contributed by atoms with E-state index in [1.165, 1.54) is 0 Å². The molecule has 2 aromatic heterocycles. The highest BCUT2D eigenvalue weighted by molar-refractivity contribution is 5.79. The lowest BCUT2D eigenvalue weighted by molar-refractivity contribution is -0.122. The zero-order valence-corrected chi connectivity index (χ0v) is 19.1. The Bertz CT molecular complexity index is 1460. The Hall–Kier alpha value is -4.13. The van der Waals surface area contributed by atoms with Crippen LogP contribution in [0.15, 0.2) is 83.7 Å². The Balaban J connectivity index is 1.37. The van der Waals surface area contributed by atoms with E-state index >= 15 is 0 Å². The molecule has 0 fully saturated rings. The second-order valence-corrected chi connectivity index (χ2v) is 8.37. The van der Waals surface area contributed by atoms with Gasteiger partial charge in [-0.15, -0.1) is 0 Å². The second kappa shape index (κ2) is 9.39. The fourth-order valence-corrected chi connectivity index (χ4v) is 4.48. The van der Waals surface area contributed by atoms with Crippen molar-refractivity contribution >= 4 is 28.0 Å². The van der Waals surface area contributed by atoms with Crippen molar-refractivity contribution in [1.82, 2.24) is 24.4 Å². The van der Waals surface area contributed by atoms with Crippen LogP contribution in [0.25, 0.3) is 22.1 Å². The van der Waals surface area contributed by atoms with Crippen molar-refractivity contribution in [2.45, 2.75) is 38.9 Å². The first kappa shape index (κ1) is 21.7. The number of fused-ring (bicyclic) bond motifs is 2. The van der Waals surface area contributed by atoms with Gasteiger partial charge < -0.3 is 10.3 Å². The molecule has 0 saturated carbocycles. The average Bonchev–Trinajstić information content (AvgIpc) is 3.41. The summed E-state index contributed by atoms with van der Waals surface area (Å²) in [5.41, 5.74) is 4.55. The fraction of sp³-hybridized carbons (Fsp3) is 0.222. The van der Waals surface area contributed by atoms with Crippen LogP contribution in [-0.4, -0.2) is 25.0 Å². The first-order valence-corrected chi connectivity index (χ1v) is 11.6. The summed E-state index contributed by atoms with van der Waals surface area (Å²) in [5, 5.41) is 3.15. The van der Waals surface area contributed by atoms with Gasteiger partial charge in [0.05, 0.1) is 28.1 Å². The molecular formula is C27H27N5O2. The summed E-state index contributed by atoms with van der Waals surface area (Å²) >= 11 is 0. The van der Waals surface area contributed by atoms with Crippen LogP contribution in [0.3, 0.4) is 0 Å². The molecule has 0 bridgehead atoms. The summed E-state index contributed by atoms with van der Waals surface area (Å²) in [6, 6.07) is 25.3. The molecule has 1 atom stereocenters. The van der Waals surface area contributed by atoms with Gasteiger partial charge in [0.1, 0.15) is 5.82 Å². The normalized spacial score (nSPS) is 12.3. The smallest absolute Gasteiger partial charge is 0.329 e. The summed E-state index contributed by atoms with van der Waals surface area (Å²) in [6.07, 6.45) is 0.810. The molecule has 0 aliphatic carbocycles. The van der Waals surface area contributed by atoms with Gasteiger partial charge in [0.2, 0.25) is 5.91 Å². The molecule has 172 valence electrons. The van der Waals surface area contributed by atoms with Crippen LogP contribution in [0.1, 0.15) is 30.8 Å². The fourth-order valence-electron chi connectivity index (χ4n) is 4.48. The number of aromatic amines is 1. The van der Waals surface area contributed by atoms with Crippen LogP contribution < -0.4 is 11.0 Å². The Labute approximate surface area is 197 Å². The van der Waals surface area contributed by atoms with Gasteiger partial charge in [-0.2, -0.15) is 0 Å². The van der Waals surface area contributed by atoms with E-state index < -0.39 is 0 Å². The molecular weight excluding hydrogens is 426 g/mol. The Kier molecular flexibility index (Phi) is 5.99. The van der Waals surface area contributed by atoms with Crippen LogP contribution >= 0.6 is 0 Å². The van der Waals surface area contributed by atoms with Crippen molar-refractivity contribution in [3.63, 3.8) is 0 Å². The van der Waals surface area contributed by atoms with Crippen molar-refractivity contribution in [2.75, 3.05) is 0 Å². The van der Waals surface area contributed by atoms with Crippen LogP contribution in [0, 0.1) is 0 Å². The molecule has 0 saturated heterocycles. The van der Waals surface area contributed by atoms with E-state index in [0.29, 0.717) is 19.5 Å². The maximum Gasteiger partial charge on any atom is 0.329 e. The van der Waals surface area contributed by atoms with Crippen LogP contribution in [0.4, 0.5) is 0 Å². The SMILES string of the molecule is CCn1c(=O)n(CCC(=O)N[C@H](Cc2ccccc2)c2nc3ccccc3[nH]2)c2ccccc21. The standard InChI is InChI=1S/C27H27N5O2/c1-2-31-23-14-8-9-15-24(23)32(27(31)34)17-16-25(33)28-22(18-19-10-4-3-5-11-19)26-29-20-12-6-7-13-21(20)30-26/h3-15,22H,2,16-18H2,1H3,(H,28,33)(H,29,30)/t22-/m1/s1. The largest absolute Gasteiger partial charge is 0.346 e. The summed E-state index contributed by atoms with van der Waals surface area (Å²) < 4.78 is 3.42. The molecule has 34 heavy (non-hydrogen) atoms.